The summed E-state index contributed by atoms with van der Waals surface area (Å²) in [6, 6.07) is 0.273. The van der Waals surface area contributed by atoms with Gasteiger partial charge in [0.1, 0.15) is 0 Å². The molecule has 16 heavy (non-hydrogen) atoms. The van der Waals surface area contributed by atoms with Crippen LogP contribution >= 0.6 is 0 Å². The molecule has 2 atom stereocenters. The molecule has 2 unspecified atom stereocenters. The zero-order valence-electron chi connectivity index (χ0n) is 9.69. The van der Waals surface area contributed by atoms with Crippen molar-refractivity contribution in [2.45, 2.75) is 38.8 Å². The number of aliphatic hydroxyl groups excluding tert-OH is 1. The van der Waals surface area contributed by atoms with Gasteiger partial charge < -0.3 is 20.8 Å². The number of hydrogen-bond donors (Lipinski definition) is 4. The van der Waals surface area contributed by atoms with Gasteiger partial charge in [-0.1, -0.05) is 6.92 Å². The van der Waals surface area contributed by atoms with Crippen LogP contribution in [0.4, 0.5) is 0 Å². The van der Waals surface area contributed by atoms with Gasteiger partial charge in [0.05, 0.1) is 6.54 Å². The third kappa shape index (κ3) is 7.19. The molecular weight excluding hydrogens is 212 g/mol. The fourth-order valence-electron chi connectivity index (χ4n) is 0.946. The van der Waals surface area contributed by atoms with Crippen LogP contribution in [0.5, 0.6) is 0 Å². The van der Waals surface area contributed by atoms with Crippen molar-refractivity contribution in [1.29, 1.82) is 0 Å². The van der Waals surface area contributed by atoms with E-state index < -0.39 is 12.1 Å². The summed E-state index contributed by atoms with van der Waals surface area (Å²) in [5, 5.41) is 22.8. The SMILES string of the molecule is CCC(C)NCC(=O)NCCC(O)C(=O)O. The third-order valence-corrected chi connectivity index (χ3v) is 2.25. The summed E-state index contributed by atoms with van der Waals surface area (Å²) >= 11 is 0. The number of amides is 1. The van der Waals surface area contributed by atoms with E-state index in [9.17, 15) is 9.59 Å². The highest BCUT2D eigenvalue weighted by molar-refractivity contribution is 5.78. The molecule has 0 aromatic carbocycles. The van der Waals surface area contributed by atoms with Crippen LogP contribution in [0.2, 0.25) is 0 Å². The Hall–Kier alpha value is -1.14. The molecule has 0 aliphatic carbocycles. The summed E-state index contributed by atoms with van der Waals surface area (Å²) in [6.07, 6.45) is -0.460. The van der Waals surface area contributed by atoms with E-state index in [1.807, 2.05) is 13.8 Å². The van der Waals surface area contributed by atoms with Crippen LogP contribution in [0, 0.1) is 0 Å². The fraction of sp³-hybridized carbons (Fsp3) is 0.800. The van der Waals surface area contributed by atoms with Gasteiger partial charge in [0.15, 0.2) is 6.10 Å². The summed E-state index contributed by atoms with van der Waals surface area (Å²) in [5.74, 6) is -1.47. The quantitative estimate of drug-likeness (QED) is 0.445. The molecule has 94 valence electrons. The van der Waals surface area contributed by atoms with E-state index in [1.165, 1.54) is 0 Å². The zero-order chi connectivity index (χ0) is 12.6. The minimum Gasteiger partial charge on any atom is -0.479 e. The Bertz CT molecular complexity index is 233. The van der Waals surface area contributed by atoms with Gasteiger partial charge in [-0.3, -0.25) is 4.79 Å². The topological polar surface area (TPSA) is 98.7 Å². The largest absolute Gasteiger partial charge is 0.479 e. The number of carbonyl (C=O) groups is 2. The Labute approximate surface area is 95.0 Å². The van der Waals surface area contributed by atoms with Crippen LogP contribution in [-0.4, -0.2) is 47.3 Å². The number of carbonyl (C=O) groups excluding carboxylic acids is 1. The summed E-state index contributed by atoms with van der Waals surface area (Å²) in [6.45, 7) is 4.35. The first-order valence-corrected chi connectivity index (χ1v) is 5.38. The zero-order valence-corrected chi connectivity index (χ0v) is 9.69. The lowest BCUT2D eigenvalue weighted by Crippen LogP contribution is -2.39. The van der Waals surface area contributed by atoms with Crippen LogP contribution in [0.15, 0.2) is 0 Å². The van der Waals surface area contributed by atoms with Crippen molar-refractivity contribution in [3.05, 3.63) is 0 Å². The number of aliphatic hydroxyl groups is 1. The summed E-state index contributed by atoms with van der Waals surface area (Å²) in [5.41, 5.74) is 0. The van der Waals surface area contributed by atoms with Crippen LogP contribution in [0.3, 0.4) is 0 Å². The second kappa shape index (κ2) is 8.06. The maximum Gasteiger partial charge on any atom is 0.332 e. The smallest absolute Gasteiger partial charge is 0.332 e. The minimum absolute atomic E-state index is 0.0183. The molecule has 1 amide bonds. The number of carboxylic acids is 1. The molecule has 0 aliphatic rings. The molecule has 0 heterocycles. The lowest BCUT2D eigenvalue weighted by atomic mass is 10.2. The van der Waals surface area contributed by atoms with Crippen molar-refractivity contribution in [2.75, 3.05) is 13.1 Å². The van der Waals surface area contributed by atoms with E-state index >= 15 is 0 Å². The van der Waals surface area contributed by atoms with Crippen molar-refractivity contribution >= 4 is 11.9 Å². The van der Waals surface area contributed by atoms with Crippen LogP contribution in [0.25, 0.3) is 0 Å². The molecule has 6 heteroatoms. The number of rotatable bonds is 8. The van der Waals surface area contributed by atoms with Gasteiger partial charge in [-0.25, -0.2) is 4.79 Å². The maximum absolute atomic E-state index is 11.2. The monoisotopic (exact) mass is 232 g/mol. The van der Waals surface area contributed by atoms with Gasteiger partial charge in [-0.2, -0.15) is 0 Å². The molecular formula is C10H20N2O4. The molecule has 0 aliphatic heterocycles. The molecule has 0 fully saturated rings. The van der Waals surface area contributed by atoms with Crippen LogP contribution < -0.4 is 10.6 Å². The average molecular weight is 232 g/mol. The Morgan fingerprint density at radius 1 is 1.38 bits per heavy atom. The van der Waals surface area contributed by atoms with Gasteiger partial charge in [-0.15, -0.1) is 0 Å². The molecule has 0 bridgehead atoms. The predicted molar refractivity (Wildman–Crippen MR) is 59.0 cm³/mol. The van der Waals surface area contributed by atoms with E-state index in [-0.39, 0.29) is 31.5 Å². The van der Waals surface area contributed by atoms with E-state index in [0.29, 0.717) is 0 Å². The van der Waals surface area contributed by atoms with E-state index in [1.54, 1.807) is 0 Å². The standard InChI is InChI=1S/C10H20N2O4/c1-3-7(2)12-6-9(14)11-5-4-8(13)10(15)16/h7-8,12-13H,3-6H2,1-2H3,(H,11,14)(H,15,16). The molecule has 4 N–H and O–H groups in total. The van der Waals surface area contributed by atoms with E-state index in [4.69, 9.17) is 10.2 Å². The first kappa shape index (κ1) is 14.9. The highest BCUT2D eigenvalue weighted by Crippen LogP contribution is 1.89. The maximum atomic E-state index is 11.2. The molecule has 0 radical (unpaired) electrons. The summed E-state index contributed by atoms with van der Waals surface area (Å²) in [4.78, 5) is 21.5. The molecule has 0 aromatic rings. The number of nitrogens with one attached hydrogen (secondary N) is 2. The van der Waals surface area contributed by atoms with Crippen LogP contribution in [0.1, 0.15) is 26.7 Å². The number of aliphatic carboxylic acids is 1. The molecule has 0 rings (SSSR count). The van der Waals surface area contributed by atoms with E-state index in [0.717, 1.165) is 6.42 Å². The van der Waals surface area contributed by atoms with Gasteiger partial charge in [0, 0.05) is 19.0 Å². The Morgan fingerprint density at radius 2 is 2.00 bits per heavy atom. The first-order chi connectivity index (χ1) is 7.47. The summed E-state index contributed by atoms with van der Waals surface area (Å²) < 4.78 is 0. The normalized spacial score (nSPS) is 14.2. The molecule has 0 saturated heterocycles. The van der Waals surface area contributed by atoms with Gasteiger partial charge in [-0.05, 0) is 13.3 Å². The molecule has 0 aromatic heterocycles. The Balaban J connectivity index is 3.55. The number of carboxylic acid groups (broad SMARTS) is 1. The van der Waals surface area contributed by atoms with Crippen molar-refractivity contribution < 1.29 is 19.8 Å². The third-order valence-electron chi connectivity index (χ3n) is 2.25. The molecule has 0 spiro atoms. The van der Waals surface area contributed by atoms with Crippen molar-refractivity contribution in [3.8, 4) is 0 Å². The Morgan fingerprint density at radius 3 is 2.50 bits per heavy atom. The molecule has 6 nitrogen and oxygen atoms in total. The van der Waals surface area contributed by atoms with Gasteiger partial charge in [0.2, 0.25) is 5.91 Å². The highest BCUT2D eigenvalue weighted by Gasteiger charge is 2.12. The minimum atomic E-state index is -1.41. The van der Waals surface area contributed by atoms with Crippen LogP contribution in [-0.2, 0) is 9.59 Å². The molecule has 0 saturated carbocycles. The lowest BCUT2D eigenvalue weighted by molar-refractivity contribution is -0.147. The van der Waals surface area contributed by atoms with E-state index in [2.05, 4.69) is 10.6 Å². The summed E-state index contributed by atoms with van der Waals surface area (Å²) in [7, 11) is 0. The van der Waals surface area contributed by atoms with Gasteiger partial charge in [0.25, 0.3) is 0 Å². The first-order valence-electron chi connectivity index (χ1n) is 5.38. The lowest BCUT2D eigenvalue weighted by Gasteiger charge is -2.11. The van der Waals surface area contributed by atoms with Crippen molar-refractivity contribution in [2.24, 2.45) is 0 Å². The fourth-order valence-corrected chi connectivity index (χ4v) is 0.946. The number of hydrogen-bond acceptors (Lipinski definition) is 4. The highest BCUT2D eigenvalue weighted by atomic mass is 16.4. The second-order valence-electron chi connectivity index (χ2n) is 3.68. The second-order valence-corrected chi connectivity index (χ2v) is 3.68. The Kier molecular flexibility index (Phi) is 7.49. The van der Waals surface area contributed by atoms with Crippen molar-refractivity contribution in [1.82, 2.24) is 10.6 Å². The average Bonchev–Trinajstić information content (AvgIpc) is 2.25. The van der Waals surface area contributed by atoms with Crippen molar-refractivity contribution in [3.63, 3.8) is 0 Å². The van der Waals surface area contributed by atoms with Gasteiger partial charge >= 0.3 is 5.97 Å². The predicted octanol–water partition coefficient (Wildman–Crippen LogP) is -0.674.